The van der Waals surface area contributed by atoms with Crippen molar-refractivity contribution in [2.75, 3.05) is 26.9 Å². The van der Waals surface area contributed by atoms with E-state index in [0.29, 0.717) is 48.1 Å². The summed E-state index contributed by atoms with van der Waals surface area (Å²) in [6.07, 6.45) is -6.12. The topological polar surface area (TPSA) is 269 Å². The number of hydrogen-bond donors (Lipinski definition) is 8. The molecule has 10 unspecified atom stereocenters. The van der Waals surface area contributed by atoms with Gasteiger partial charge in [-0.25, -0.2) is 0 Å². The molecular formula is C44H49N4O14+. The highest BCUT2D eigenvalue weighted by Gasteiger charge is 2.60. The number of nitrogens with one attached hydrogen (secondary N) is 1. The van der Waals surface area contributed by atoms with Gasteiger partial charge in [-0.3, -0.25) is 19.5 Å². The van der Waals surface area contributed by atoms with Crippen molar-refractivity contribution in [3.05, 3.63) is 99.9 Å². The molecule has 18 heteroatoms. The third-order valence-corrected chi connectivity index (χ3v) is 12.5. The van der Waals surface area contributed by atoms with E-state index in [9.17, 15) is 30.0 Å². The first-order valence-electron chi connectivity index (χ1n) is 20.5. The Hall–Kier alpha value is -5.57. The Bertz CT molecular complexity index is 2340. The molecule has 18 nitrogen and oxygen atoms in total. The smallest absolute Gasteiger partial charge is 0.317 e. The van der Waals surface area contributed by atoms with E-state index in [1.54, 1.807) is 12.3 Å². The van der Waals surface area contributed by atoms with Gasteiger partial charge in [0.15, 0.2) is 23.2 Å². The molecule has 6 aliphatic heterocycles. The van der Waals surface area contributed by atoms with Gasteiger partial charge in [-0.2, -0.15) is 0 Å². The van der Waals surface area contributed by atoms with Gasteiger partial charge in [0.25, 0.3) is 0 Å². The number of benzene rings is 3. The fraction of sp³-hybridized carbons (Fsp3) is 0.432. The number of aliphatic carboxylic acids is 1. The molecular weight excluding hydrogens is 808 g/mol. The Morgan fingerprint density at radius 2 is 1.89 bits per heavy atom. The number of carbonyl (C=O) groups excluding carboxylic acids is 1. The van der Waals surface area contributed by atoms with Crippen molar-refractivity contribution in [2.24, 2.45) is 16.5 Å². The minimum atomic E-state index is -2.21. The van der Waals surface area contributed by atoms with Crippen LogP contribution >= 0.6 is 0 Å². The first-order valence-corrected chi connectivity index (χ1v) is 20.5. The van der Waals surface area contributed by atoms with Crippen LogP contribution in [0.3, 0.4) is 0 Å². The van der Waals surface area contributed by atoms with Crippen molar-refractivity contribution in [3.8, 4) is 28.7 Å². The second-order valence-corrected chi connectivity index (χ2v) is 16.3. The van der Waals surface area contributed by atoms with E-state index in [-0.39, 0.29) is 37.7 Å². The van der Waals surface area contributed by atoms with Crippen LogP contribution in [0.4, 0.5) is 0 Å². The number of aliphatic imine (C=N–C) groups is 1. The van der Waals surface area contributed by atoms with Crippen LogP contribution in [-0.4, -0.2) is 119 Å². The summed E-state index contributed by atoms with van der Waals surface area (Å²) >= 11 is 0. The lowest BCUT2D eigenvalue weighted by atomic mass is 9.78. The number of ether oxygens (including phenoxy) is 7. The molecule has 1 fully saturated rings. The van der Waals surface area contributed by atoms with Gasteiger partial charge in [0, 0.05) is 46.5 Å². The molecule has 0 spiro atoms. The van der Waals surface area contributed by atoms with E-state index in [2.05, 4.69) is 11.2 Å². The van der Waals surface area contributed by atoms with Crippen LogP contribution < -0.4 is 40.1 Å². The number of rotatable bonds is 13. The maximum absolute atomic E-state index is 12.5. The van der Waals surface area contributed by atoms with Crippen LogP contribution in [0.5, 0.6) is 28.7 Å². The highest BCUT2D eigenvalue weighted by atomic mass is 16.7. The third-order valence-electron chi connectivity index (χ3n) is 12.5. The summed E-state index contributed by atoms with van der Waals surface area (Å²) in [6.45, 7) is 0.816. The zero-order valence-electron chi connectivity index (χ0n) is 33.7. The second kappa shape index (κ2) is 16.6. The van der Waals surface area contributed by atoms with Gasteiger partial charge in [-0.1, -0.05) is 36.4 Å². The molecule has 0 amide bonds. The zero-order chi connectivity index (χ0) is 43.4. The Morgan fingerprint density at radius 1 is 1.08 bits per heavy atom. The normalized spacial score (nSPS) is 29.2. The number of aliphatic hydroxyl groups excluding tert-OH is 3. The average molecular weight is 858 g/mol. The minimum absolute atomic E-state index is 0.00371. The minimum Gasteiger partial charge on any atom is -0.493 e. The second-order valence-electron chi connectivity index (χ2n) is 16.3. The molecule has 10 N–H and O–H groups in total. The molecule has 3 aromatic rings. The number of nitrogens with two attached hydrogens (primary N) is 2. The van der Waals surface area contributed by atoms with Crippen LogP contribution in [-0.2, 0) is 38.4 Å². The molecule has 9 rings (SSSR count). The van der Waals surface area contributed by atoms with Crippen LogP contribution in [0.15, 0.2) is 77.1 Å². The molecule has 0 aromatic heterocycles. The number of nitrogens with zero attached hydrogens (tertiary/aromatic N) is 1. The van der Waals surface area contributed by atoms with E-state index >= 15 is 0 Å². The van der Waals surface area contributed by atoms with Gasteiger partial charge >= 0.3 is 11.9 Å². The van der Waals surface area contributed by atoms with Gasteiger partial charge in [0.05, 0.1) is 25.8 Å². The number of allylic oxidation sites excluding steroid dienone is 1. The Morgan fingerprint density at radius 3 is 2.61 bits per heavy atom. The van der Waals surface area contributed by atoms with Gasteiger partial charge in [0.2, 0.25) is 12.0 Å². The number of carboxylic acid groups (broad SMARTS) is 1. The van der Waals surface area contributed by atoms with Crippen LogP contribution in [0.2, 0.25) is 0 Å². The van der Waals surface area contributed by atoms with Gasteiger partial charge in [0.1, 0.15) is 80.0 Å². The number of carbonyl (C=O) groups is 2. The summed E-state index contributed by atoms with van der Waals surface area (Å²) in [6, 6.07) is 15.4. The van der Waals surface area contributed by atoms with Crippen LogP contribution in [0.1, 0.15) is 52.7 Å². The van der Waals surface area contributed by atoms with E-state index in [1.165, 1.54) is 7.11 Å². The van der Waals surface area contributed by atoms with Crippen LogP contribution in [0, 0.1) is 0 Å². The molecule has 328 valence electrons. The lowest BCUT2D eigenvalue weighted by molar-refractivity contribution is -0.851. The van der Waals surface area contributed by atoms with Crippen molar-refractivity contribution in [3.63, 3.8) is 0 Å². The molecule has 1 saturated heterocycles. The summed E-state index contributed by atoms with van der Waals surface area (Å²) in [5.74, 6) is -1.05. The Labute approximate surface area is 355 Å². The molecule has 6 aliphatic rings. The third kappa shape index (κ3) is 7.35. The average Bonchev–Trinajstić information content (AvgIpc) is 3.94. The fourth-order valence-corrected chi connectivity index (χ4v) is 9.60. The molecule has 0 saturated carbocycles. The van der Waals surface area contributed by atoms with Gasteiger partial charge in [-0.15, -0.1) is 0 Å². The van der Waals surface area contributed by atoms with E-state index in [0.717, 1.165) is 38.4 Å². The zero-order valence-corrected chi connectivity index (χ0v) is 33.7. The molecule has 6 heterocycles. The van der Waals surface area contributed by atoms with Crippen molar-refractivity contribution < 1.29 is 73.2 Å². The van der Waals surface area contributed by atoms with E-state index in [4.69, 9.17) is 49.7 Å². The van der Waals surface area contributed by atoms with Crippen molar-refractivity contribution >= 4 is 18.2 Å². The number of fused-ring (bicyclic) bond motifs is 8. The number of hydrogen-bond acceptors (Lipinski definition) is 16. The fourth-order valence-electron chi connectivity index (χ4n) is 9.60. The Kier molecular flexibility index (Phi) is 11.2. The molecule has 0 bridgehead atoms. The number of aliphatic hydroxyl groups is 4. The highest BCUT2D eigenvalue weighted by Crippen LogP contribution is 2.60. The number of esters is 1. The lowest BCUT2D eigenvalue weighted by Crippen LogP contribution is -3.05. The van der Waals surface area contributed by atoms with Crippen molar-refractivity contribution in [1.82, 2.24) is 0 Å². The van der Waals surface area contributed by atoms with Crippen molar-refractivity contribution in [2.45, 2.75) is 92.8 Å². The molecule has 0 radical (unpaired) electrons. The maximum atomic E-state index is 12.5. The summed E-state index contributed by atoms with van der Waals surface area (Å²) in [5.41, 5.74) is 15.8. The molecule has 62 heavy (non-hydrogen) atoms. The number of carboxylic acids is 1. The summed E-state index contributed by atoms with van der Waals surface area (Å²) in [7, 11) is 1.53. The van der Waals surface area contributed by atoms with Crippen LogP contribution in [0.25, 0.3) is 0 Å². The number of quaternary nitrogens is 1. The molecule has 10 atom stereocenters. The molecule has 3 aromatic carbocycles. The van der Waals surface area contributed by atoms with Crippen molar-refractivity contribution in [1.29, 1.82) is 0 Å². The SMILES string of the molecule is COc1ccc2c(c1OCCO)OC1c3c(cc4c(c3C[NH+]3C=C5N=CC=C5C3)CCC3(O)C(O4)OC(C(OC(=O)CC(=O)O)C(N)N)C(O)C3O)OC(Cc3ccccc3)C21. The maximum Gasteiger partial charge on any atom is 0.317 e. The monoisotopic (exact) mass is 857 g/mol. The predicted octanol–water partition coefficient (Wildman–Crippen LogP) is -0.329. The number of methoxy groups -OCH3 is 1. The Balaban J connectivity index is 1.16. The van der Waals surface area contributed by atoms with E-state index in [1.807, 2.05) is 48.5 Å². The summed E-state index contributed by atoms with van der Waals surface area (Å²) < 4.78 is 43.9. The summed E-state index contributed by atoms with van der Waals surface area (Å²) in [4.78, 5) is 29.3. The first kappa shape index (κ1) is 41.8. The first-order chi connectivity index (χ1) is 29.9. The van der Waals surface area contributed by atoms with Gasteiger partial charge < -0.3 is 70.2 Å². The predicted molar refractivity (Wildman–Crippen MR) is 216 cm³/mol. The molecule has 0 aliphatic carbocycles. The highest BCUT2D eigenvalue weighted by molar-refractivity contribution is 5.90. The van der Waals surface area contributed by atoms with Gasteiger partial charge in [-0.05, 0) is 30.5 Å². The largest absolute Gasteiger partial charge is 0.493 e. The quantitative estimate of drug-likeness (QED) is 0.0622. The lowest BCUT2D eigenvalue weighted by Gasteiger charge is -2.48. The summed E-state index contributed by atoms with van der Waals surface area (Å²) in [5, 5.41) is 54.2. The van der Waals surface area contributed by atoms with E-state index < -0.39 is 73.0 Å². The standard InChI is InChI=1S/C44H48N4O14/c1-56-27-8-7-24-33-29(15-21-5-3-2-4-6-21)58-30-16-28-23(9-11-44(55)41(54)35(53)39(62-43(44)59-28)40(42(45)46)60-32(52)17-31(50)51)25(19-48-18-22-10-12-47-26(22)20-48)34(30)38(33)61-36(24)37(27)57-14-13-49/h2-8,10,12,16,20,29,33,35,38-43,49,53-55H,9,11,13-15,17-19,45-46H2,1H3,(H,50,51)/p+1.